The van der Waals surface area contributed by atoms with Gasteiger partial charge in [0.25, 0.3) is 0 Å². The van der Waals surface area contributed by atoms with E-state index >= 15 is 0 Å². The van der Waals surface area contributed by atoms with Gasteiger partial charge in [-0.05, 0) is 43.2 Å². The van der Waals surface area contributed by atoms with Crippen LogP contribution in [-0.4, -0.2) is 17.6 Å². The largest absolute Gasteiger partial charge is 0.353 e. The number of aromatic nitrogens is 1. The molecule has 1 saturated heterocycles. The minimum Gasteiger partial charge on any atom is -0.353 e. The van der Waals surface area contributed by atoms with E-state index in [4.69, 9.17) is 0 Å². The van der Waals surface area contributed by atoms with E-state index in [1.165, 1.54) is 56.5 Å². The summed E-state index contributed by atoms with van der Waals surface area (Å²) in [6.07, 6.45) is 10.1. The van der Waals surface area contributed by atoms with Gasteiger partial charge in [0, 0.05) is 18.8 Å². The normalized spacial score (nSPS) is 27.5. The zero-order valence-corrected chi connectivity index (χ0v) is 10.7. The number of fused-ring (bicyclic) bond motifs is 3. The molecule has 2 heteroatoms. The van der Waals surface area contributed by atoms with Crippen molar-refractivity contribution in [1.29, 1.82) is 0 Å². The van der Waals surface area contributed by atoms with Gasteiger partial charge in [-0.15, -0.1) is 0 Å². The van der Waals surface area contributed by atoms with E-state index in [9.17, 15) is 0 Å². The van der Waals surface area contributed by atoms with Crippen LogP contribution in [0, 0.1) is 5.92 Å². The van der Waals surface area contributed by atoms with Crippen LogP contribution >= 0.6 is 0 Å². The van der Waals surface area contributed by atoms with Gasteiger partial charge in [-0.1, -0.05) is 25.8 Å². The molecule has 3 rings (SSSR count). The van der Waals surface area contributed by atoms with Crippen LogP contribution in [0.15, 0.2) is 18.3 Å². The molecule has 2 nitrogen and oxygen atoms in total. The fraction of sp³-hybridized carbons (Fsp3) is 0.667. The smallest absolute Gasteiger partial charge is 0.132 e. The summed E-state index contributed by atoms with van der Waals surface area (Å²) in [7, 11) is 0. The lowest BCUT2D eigenvalue weighted by Crippen LogP contribution is -2.32. The Morgan fingerprint density at radius 1 is 1.47 bits per heavy atom. The molecule has 1 fully saturated rings. The zero-order chi connectivity index (χ0) is 11.7. The number of rotatable bonds is 2. The maximum Gasteiger partial charge on any atom is 0.132 e. The van der Waals surface area contributed by atoms with Gasteiger partial charge in [-0.25, -0.2) is 4.98 Å². The lowest BCUT2D eigenvalue weighted by atomic mass is 9.91. The molecule has 0 saturated carbocycles. The molecule has 17 heavy (non-hydrogen) atoms. The van der Waals surface area contributed by atoms with Gasteiger partial charge in [0.2, 0.25) is 0 Å². The van der Waals surface area contributed by atoms with E-state index in [-0.39, 0.29) is 0 Å². The Labute approximate surface area is 104 Å². The predicted molar refractivity (Wildman–Crippen MR) is 71.3 cm³/mol. The fourth-order valence-electron chi connectivity index (χ4n) is 3.61. The standard InChI is InChI=1S/C15H22N2/c1-2-5-12-6-4-9-17-14(10-12)11-13-7-3-8-16-15(13)17/h3,7-8,12,14H,2,4-6,9-11H2,1H3/t12?,14-/m0/s1. The van der Waals surface area contributed by atoms with Gasteiger partial charge < -0.3 is 4.90 Å². The molecule has 3 heterocycles. The van der Waals surface area contributed by atoms with Crippen molar-refractivity contribution in [3.63, 3.8) is 0 Å². The molecule has 2 atom stereocenters. The first-order chi connectivity index (χ1) is 8.38. The Balaban J connectivity index is 1.80. The molecule has 1 aromatic heterocycles. The average molecular weight is 230 g/mol. The van der Waals surface area contributed by atoms with Crippen LogP contribution in [0.2, 0.25) is 0 Å². The molecule has 0 aliphatic carbocycles. The molecule has 2 aliphatic heterocycles. The Kier molecular flexibility index (Phi) is 3.04. The summed E-state index contributed by atoms with van der Waals surface area (Å²) in [5.41, 5.74) is 1.47. The van der Waals surface area contributed by atoms with Gasteiger partial charge in [0.15, 0.2) is 0 Å². The van der Waals surface area contributed by atoms with Gasteiger partial charge in [-0.3, -0.25) is 0 Å². The number of hydrogen-bond acceptors (Lipinski definition) is 2. The molecule has 1 aromatic rings. The van der Waals surface area contributed by atoms with Crippen molar-refractivity contribution in [2.75, 3.05) is 11.4 Å². The van der Waals surface area contributed by atoms with Crippen molar-refractivity contribution in [2.45, 2.75) is 51.5 Å². The highest BCUT2D eigenvalue weighted by Gasteiger charge is 2.33. The monoisotopic (exact) mass is 230 g/mol. The van der Waals surface area contributed by atoms with Gasteiger partial charge in [-0.2, -0.15) is 0 Å². The average Bonchev–Trinajstić information content (AvgIpc) is 2.55. The fourth-order valence-corrected chi connectivity index (χ4v) is 3.61. The molecule has 0 bridgehead atoms. The van der Waals surface area contributed by atoms with Crippen molar-refractivity contribution >= 4 is 5.82 Å². The van der Waals surface area contributed by atoms with Crippen molar-refractivity contribution in [1.82, 2.24) is 4.98 Å². The Morgan fingerprint density at radius 2 is 2.41 bits per heavy atom. The Hall–Kier alpha value is -1.05. The second-order valence-corrected chi connectivity index (χ2v) is 5.57. The van der Waals surface area contributed by atoms with Gasteiger partial charge in [0.1, 0.15) is 5.82 Å². The third kappa shape index (κ3) is 2.05. The highest BCUT2D eigenvalue weighted by Crippen LogP contribution is 2.37. The topological polar surface area (TPSA) is 16.1 Å². The molecule has 92 valence electrons. The minimum atomic E-state index is 0.735. The van der Waals surface area contributed by atoms with Crippen LogP contribution in [0.5, 0.6) is 0 Å². The summed E-state index contributed by atoms with van der Waals surface area (Å²) in [5, 5.41) is 0. The zero-order valence-electron chi connectivity index (χ0n) is 10.7. The summed E-state index contributed by atoms with van der Waals surface area (Å²) in [6, 6.07) is 5.07. The first-order valence-electron chi connectivity index (χ1n) is 7.09. The van der Waals surface area contributed by atoms with Gasteiger partial charge >= 0.3 is 0 Å². The summed E-state index contributed by atoms with van der Waals surface area (Å²) in [6.45, 7) is 3.53. The van der Waals surface area contributed by atoms with E-state index in [1.54, 1.807) is 0 Å². The quantitative estimate of drug-likeness (QED) is 0.774. The number of hydrogen-bond donors (Lipinski definition) is 0. The maximum absolute atomic E-state index is 4.58. The second-order valence-electron chi connectivity index (χ2n) is 5.57. The summed E-state index contributed by atoms with van der Waals surface area (Å²) in [5.74, 6) is 2.22. The van der Waals surface area contributed by atoms with Crippen molar-refractivity contribution in [3.8, 4) is 0 Å². The SMILES string of the molecule is CCCC1CCCN2c3ncccc3C[C@@H]2C1. The molecular formula is C15H22N2. The molecule has 0 N–H and O–H groups in total. The van der Waals surface area contributed by atoms with E-state index in [1.807, 2.05) is 6.20 Å². The third-order valence-corrected chi connectivity index (χ3v) is 4.35. The van der Waals surface area contributed by atoms with Crippen LogP contribution in [-0.2, 0) is 6.42 Å². The molecule has 0 amide bonds. The van der Waals surface area contributed by atoms with E-state index in [2.05, 4.69) is 28.9 Å². The molecule has 0 spiro atoms. The minimum absolute atomic E-state index is 0.735. The maximum atomic E-state index is 4.58. The van der Waals surface area contributed by atoms with E-state index in [0.29, 0.717) is 0 Å². The lowest BCUT2D eigenvalue weighted by molar-refractivity contribution is 0.402. The van der Waals surface area contributed by atoms with Gasteiger partial charge in [0.05, 0.1) is 0 Å². The van der Waals surface area contributed by atoms with Crippen molar-refractivity contribution in [2.24, 2.45) is 5.92 Å². The summed E-state index contributed by atoms with van der Waals surface area (Å²) < 4.78 is 0. The first kappa shape index (κ1) is 11.1. The Bertz CT molecular complexity index is 388. The van der Waals surface area contributed by atoms with E-state index in [0.717, 1.165) is 12.0 Å². The number of anilines is 1. The Morgan fingerprint density at radius 3 is 3.29 bits per heavy atom. The van der Waals surface area contributed by atoms with Crippen LogP contribution in [0.25, 0.3) is 0 Å². The highest BCUT2D eigenvalue weighted by atomic mass is 15.2. The molecule has 0 aromatic carbocycles. The summed E-state index contributed by atoms with van der Waals surface area (Å²) >= 11 is 0. The van der Waals surface area contributed by atoms with Crippen LogP contribution in [0.4, 0.5) is 5.82 Å². The molecule has 2 aliphatic rings. The first-order valence-corrected chi connectivity index (χ1v) is 7.09. The highest BCUT2D eigenvalue weighted by molar-refractivity contribution is 5.53. The van der Waals surface area contributed by atoms with E-state index < -0.39 is 0 Å². The van der Waals surface area contributed by atoms with Crippen LogP contribution < -0.4 is 4.90 Å². The number of pyridine rings is 1. The predicted octanol–water partition coefficient (Wildman–Crippen LogP) is 3.41. The van der Waals surface area contributed by atoms with Crippen molar-refractivity contribution < 1.29 is 0 Å². The third-order valence-electron chi connectivity index (χ3n) is 4.35. The van der Waals surface area contributed by atoms with Crippen LogP contribution in [0.3, 0.4) is 0 Å². The lowest BCUT2D eigenvalue weighted by Gasteiger charge is -2.25. The van der Waals surface area contributed by atoms with Crippen LogP contribution in [0.1, 0.15) is 44.6 Å². The molecular weight excluding hydrogens is 208 g/mol. The van der Waals surface area contributed by atoms with Crippen molar-refractivity contribution in [3.05, 3.63) is 23.9 Å². The molecule has 1 unspecified atom stereocenters. The summed E-state index contributed by atoms with van der Waals surface area (Å²) in [4.78, 5) is 7.16. The second kappa shape index (κ2) is 4.67. The number of nitrogens with zero attached hydrogens (tertiary/aromatic N) is 2. The molecule has 0 radical (unpaired) electrons.